The molecule has 3 N–H and O–H groups in total. The molecule has 0 radical (unpaired) electrons. The highest BCUT2D eigenvalue weighted by molar-refractivity contribution is 5.75. The van der Waals surface area contributed by atoms with Crippen molar-refractivity contribution in [3.05, 3.63) is 0 Å². The Morgan fingerprint density at radius 1 is 1.60 bits per heavy atom. The zero-order valence-corrected chi connectivity index (χ0v) is 9.54. The van der Waals surface area contributed by atoms with Crippen molar-refractivity contribution < 1.29 is 9.90 Å². The van der Waals surface area contributed by atoms with Gasteiger partial charge in [-0.25, -0.2) is 0 Å². The van der Waals surface area contributed by atoms with E-state index in [-0.39, 0.29) is 0 Å². The summed E-state index contributed by atoms with van der Waals surface area (Å²) in [5, 5.41) is 9.28. The van der Waals surface area contributed by atoms with Crippen molar-refractivity contribution in [3.63, 3.8) is 0 Å². The van der Waals surface area contributed by atoms with E-state index in [0.717, 1.165) is 38.8 Å². The molecule has 88 valence electrons. The molecule has 0 aromatic rings. The summed E-state index contributed by atoms with van der Waals surface area (Å²) in [7, 11) is 0. The molecule has 1 aliphatic rings. The number of piperidine rings is 1. The third-order valence-corrected chi connectivity index (χ3v) is 3.46. The first-order valence-corrected chi connectivity index (χ1v) is 5.80. The van der Waals surface area contributed by atoms with Gasteiger partial charge in [-0.2, -0.15) is 0 Å². The van der Waals surface area contributed by atoms with Gasteiger partial charge in [0.2, 0.25) is 0 Å². The molecule has 0 bridgehead atoms. The number of carboxylic acid groups (broad SMARTS) is 1. The zero-order chi connectivity index (χ0) is 11.3. The lowest BCUT2D eigenvalue weighted by Gasteiger charge is -2.39. The van der Waals surface area contributed by atoms with Crippen LogP contribution in [0.25, 0.3) is 0 Å². The Bertz CT molecular complexity index is 221. The molecule has 4 heteroatoms. The highest BCUT2D eigenvalue weighted by atomic mass is 16.4. The van der Waals surface area contributed by atoms with E-state index >= 15 is 0 Å². The van der Waals surface area contributed by atoms with Crippen LogP contribution in [0.3, 0.4) is 0 Å². The second-order valence-electron chi connectivity index (χ2n) is 4.46. The van der Waals surface area contributed by atoms with E-state index in [9.17, 15) is 9.90 Å². The molecule has 4 nitrogen and oxygen atoms in total. The number of nitrogens with two attached hydrogens (primary N) is 1. The van der Waals surface area contributed by atoms with Gasteiger partial charge in [0.1, 0.15) is 0 Å². The van der Waals surface area contributed by atoms with Gasteiger partial charge in [-0.1, -0.05) is 6.92 Å². The Morgan fingerprint density at radius 2 is 2.33 bits per heavy atom. The Kier molecular flexibility index (Phi) is 4.54. The number of likely N-dealkylation sites (tertiary alicyclic amines) is 1. The third-order valence-electron chi connectivity index (χ3n) is 3.46. The molecule has 0 amide bonds. The first kappa shape index (κ1) is 12.5. The summed E-state index contributed by atoms with van der Waals surface area (Å²) in [6, 6.07) is 0. The van der Waals surface area contributed by atoms with Crippen LogP contribution < -0.4 is 5.73 Å². The molecule has 0 aromatic heterocycles. The fourth-order valence-corrected chi connectivity index (χ4v) is 2.35. The summed E-state index contributed by atoms with van der Waals surface area (Å²) in [4.78, 5) is 13.5. The van der Waals surface area contributed by atoms with Gasteiger partial charge in [-0.3, -0.25) is 4.79 Å². The summed E-state index contributed by atoms with van der Waals surface area (Å²) >= 11 is 0. The molecule has 1 aliphatic heterocycles. The summed E-state index contributed by atoms with van der Waals surface area (Å²) in [5.74, 6) is -0.637. The first-order valence-electron chi connectivity index (χ1n) is 5.80. The molecule has 1 rings (SSSR count). The van der Waals surface area contributed by atoms with Crippen LogP contribution in [0.2, 0.25) is 0 Å². The van der Waals surface area contributed by atoms with E-state index in [1.54, 1.807) is 0 Å². The minimum Gasteiger partial charge on any atom is -0.481 e. The standard InChI is InChI=1S/C11H22N2O2/c1-2-11(10(14)15)5-3-7-13(9-11)8-4-6-12/h2-9,12H2,1H3,(H,14,15). The number of hydrogen-bond donors (Lipinski definition) is 2. The zero-order valence-electron chi connectivity index (χ0n) is 9.54. The molecule has 1 fully saturated rings. The summed E-state index contributed by atoms with van der Waals surface area (Å²) in [6.07, 6.45) is 3.49. The van der Waals surface area contributed by atoms with Crippen LogP contribution in [0.1, 0.15) is 32.6 Å². The Morgan fingerprint density at radius 3 is 2.87 bits per heavy atom. The lowest BCUT2D eigenvalue weighted by atomic mass is 9.77. The van der Waals surface area contributed by atoms with Gasteiger partial charge in [-0.05, 0) is 45.3 Å². The van der Waals surface area contributed by atoms with Crippen molar-refractivity contribution in [3.8, 4) is 0 Å². The van der Waals surface area contributed by atoms with Crippen molar-refractivity contribution in [2.45, 2.75) is 32.6 Å². The molecule has 0 aliphatic carbocycles. The smallest absolute Gasteiger partial charge is 0.310 e. The lowest BCUT2D eigenvalue weighted by Crippen LogP contribution is -2.47. The Hall–Kier alpha value is -0.610. The molecule has 1 atom stereocenters. The van der Waals surface area contributed by atoms with E-state index in [2.05, 4.69) is 4.90 Å². The molecule has 0 spiro atoms. The van der Waals surface area contributed by atoms with Crippen LogP contribution >= 0.6 is 0 Å². The number of rotatable bonds is 5. The second kappa shape index (κ2) is 5.47. The van der Waals surface area contributed by atoms with E-state index in [0.29, 0.717) is 13.1 Å². The van der Waals surface area contributed by atoms with Gasteiger partial charge in [0.25, 0.3) is 0 Å². The number of carboxylic acids is 1. The number of nitrogens with zero attached hydrogens (tertiary/aromatic N) is 1. The monoisotopic (exact) mass is 214 g/mol. The minimum atomic E-state index is -0.637. The fourth-order valence-electron chi connectivity index (χ4n) is 2.35. The van der Waals surface area contributed by atoms with Crippen LogP contribution in [-0.4, -0.2) is 42.2 Å². The molecule has 0 aromatic carbocycles. The van der Waals surface area contributed by atoms with Gasteiger partial charge in [0.15, 0.2) is 0 Å². The average Bonchev–Trinajstić information content (AvgIpc) is 2.26. The summed E-state index contributed by atoms with van der Waals surface area (Å²) in [5.41, 5.74) is 4.96. The highest BCUT2D eigenvalue weighted by Gasteiger charge is 2.40. The van der Waals surface area contributed by atoms with Crippen LogP contribution in [0.4, 0.5) is 0 Å². The van der Waals surface area contributed by atoms with Crippen molar-refractivity contribution in [2.24, 2.45) is 11.1 Å². The maximum Gasteiger partial charge on any atom is 0.310 e. The topological polar surface area (TPSA) is 66.6 Å². The third kappa shape index (κ3) is 2.92. The molecule has 15 heavy (non-hydrogen) atoms. The van der Waals surface area contributed by atoms with Gasteiger partial charge >= 0.3 is 5.97 Å². The summed E-state index contributed by atoms with van der Waals surface area (Å²) < 4.78 is 0. The maximum atomic E-state index is 11.3. The lowest BCUT2D eigenvalue weighted by molar-refractivity contribution is -0.152. The van der Waals surface area contributed by atoms with Gasteiger partial charge < -0.3 is 15.7 Å². The molecule has 1 saturated heterocycles. The first-order chi connectivity index (χ1) is 7.14. The van der Waals surface area contributed by atoms with Crippen LogP contribution in [0.15, 0.2) is 0 Å². The largest absolute Gasteiger partial charge is 0.481 e. The van der Waals surface area contributed by atoms with Crippen LogP contribution in [0, 0.1) is 5.41 Å². The van der Waals surface area contributed by atoms with Crippen LogP contribution in [-0.2, 0) is 4.79 Å². The van der Waals surface area contributed by atoms with Crippen molar-refractivity contribution >= 4 is 5.97 Å². The Labute approximate surface area is 91.4 Å². The number of hydrogen-bond acceptors (Lipinski definition) is 3. The van der Waals surface area contributed by atoms with Gasteiger partial charge in [0.05, 0.1) is 5.41 Å². The van der Waals surface area contributed by atoms with E-state index in [1.165, 1.54) is 0 Å². The van der Waals surface area contributed by atoms with Crippen molar-refractivity contribution in [1.29, 1.82) is 0 Å². The molecule has 0 saturated carbocycles. The second-order valence-corrected chi connectivity index (χ2v) is 4.46. The fraction of sp³-hybridized carbons (Fsp3) is 0.909. The predicted molar refractivity (Wildman–Crippen MR) is 59.7 cm³/mol. The maximum absolute atomic E-state index is 11.3. The van der Waals surface area contributed by atoms with E-state index < -0.39 is 11.4 Å². The van der Waals surface area contributed by atoms with E-state index in [1.807, 2.05) is 6.92 Å². The normalized spacial score (nSPS) is 27.9. The molecule has 1 unspecified atom stereocenters. The van der Waals surface area contributed by atoms with E-state index in [4.69, 9.17) is 5.73 Å². The minimum absolute atomic E-state index is 0.507. The highest BCUT2D eigenvalue weighted by Crippen LogP contribution is 2.33. The number of aliphatic carboxylic acids is 1. The predicted octanol–water partition coefficient (Wildman–Crippen LogP) is 0.912. The summed E-state index contributed by atoms with van der Waals surface area (Å²) in [6.45, 7) is 5.31. The Balaban J connectivity index is 2.56. The SMILES string of the molecule is CCC1(C(=O)O)CCCN(CCCN)C1. The van der Waals surface area contributed by atoms with Gasteiger partial charge in [-0.15, -0.1) is 0 Å². The molecular weight excluding hydrogens is 192 g/mol. The number of carbonyl (C=O) groups is 1. The quantitative estimate of drug-likeness (QED) is 0.714. The molecular formula is C11H22N2O2. The molecule has 1 heterocycles. The van der Waals surface area contributed by atoms with Crippen molar-refractivity contribution in [1.82, 2.24) is 4.90 Å². The van der Waals surface area contributed by atoms with Crippen LogP contribution in [0.5, 0.6) is 0 Å². The van der Waals surface area contributed by atoms with Gasteiger partial charge in [0, 0.05) is 6.54 Å². The van der Waals surface area contributed by atoms with Crippen molar-refractivity contribution in [2.75, 3.05) is 26.2 Å². The average molecular weight is 214 g/mol.